The molecule has 0 aliphatic rings. The fourth-order valence-electron chi connectivity index (χ4n) is 2.62. The summed E-state index contributed by atoms with van der Waals surface area (Å²) in [6.45, 7) is -0.865. The van der Waals surface area contributed by atoms with E-state index in [4.69, 9.17) is 21.1 Å². The summed E-state index contributed by atoms with van der Waals surface area (Å²) in [5, 5.41) is 33.9. The molecule has 1 heterocycles. The summed E-state index contributed by atoms with van der Waals surface area (Å²) in [6.07, 6.45) is 3.97. The summed E-state index contributed by atoms with van der Waals surface area (Å²) in [5.41, 5.74) is 6.37. The number of thioether (sulfide) groups is 1. The lowest BCUT2D eigenvalue weighted by molar-refractivity contribution is -0.144. The summed E-state index contributed by atoms with van der Waals surface area (Å²) in [6, 6.07) is -5.46. The molecule has 1 aromatic heterocycles. The standard InChI is InChI=1S/C18H28N6O8S/c1-33-3-2-11(16(29)24-13(7-25)18(31)32)22-17(30)12(5-14(26)27)23-15(28)10(19)4-9-6-20-8-21-9/h6,8,10-13,25H,2-5,7,19H2,1H3,(H,20,21)(H,22,30)(H,23,28)(H,24,29)(H,26,27)(H,31,32). The first-order valence-electron chi connectivity index (χ1n) is 9.77. The van der Waals surface area contributed by atoms with Crippen LogP contribution in [0.4, 0.5) is 0 Å². The zero-order chi connectivity index (χ0) is 25.0. The van der Waals surface area contributed by atoms with Crippen LogP contribution in [0.25, 0.3) is 0 Å². The number of rotatable bonds is 15. The van der Waals surface area contributed by atoms with E-state index < -0.39 is 66.9 Å². The van der Waals surface area contributed by atoms with Gasteiger partial charge in [-0.2, -0.15) is 11.8 Å². The van der Waals surface area contributed by atoms with Gasteiger partial charge in [-0.05, 0) is 18.4 Å². The molecule has 0 bridgehead atoms. The highest BCUT2D eigenvalue weighted by Crippen LogP contribution is 2.05. The molecule has 0 saturated heterocycles. The first kappa shape index (κ1) is 27.9. The second kappa shape index (κ2) is 14.1. The molecule has 15 heteroatoms. The van der Waals surface area contributed by atoms with Crippen LogP contribution in [0.5, 0.6) is 0 Å². The number of carboxylic acid groups (broad SMARTS) is 2. The first-order chi connectivity index (χ1) is 15.6. The van der Waals surface area contributed by atoms with Crippen molar-refractivity contribution in [3.8, 4) is 0 Å². The smallest absolute Gasteiger partial charge is 0.328 e. The van der Waals surface area contributed by atoms with Crippen LogP contribution in [0.1, 0.15) is 18.5 Å². The van der Waals surface area contributed by atoms with Crippen molar-refractivity contribution in [3.05, 3.63) is 18.2 Å². The molecule has 1 rings (SSSR count). The van der Waals surface area contributed by atoms with E-state index in [9.17, 15) is 24.0 Å². The number of aromatic nitrogens is 2. The second-order valence-corrected chi connectivity index (χ2v) is 7.96. The average Bonchev–Trinajstić information content (AvgIpc) is 3.26. The molecule has 184 valence electrons. The molecule has 0 aromatic carbocycles. The minimum absolute atomic E-state index is 0.0593. The number of amides is 3. The van der Waals surface area contributed by atoms with Crippen LogP contribution in [-0.4, -0.2) is 97.7 Å². The van der Waals surface area contributed by atoms with Crippen LogP contribution in [0.15, 0.2) is 12.5 Å². The Bertz CT molecular complexity index is 821. The van der Waals surface area contributed by atoms with Gasteiger partial charge in [0.2, 0.25) is 17.7 Å². The van der Waals surface area contributed by atoms with Gasteiger partial charge >= 0.3 is 11.9 Å². The summed E-state index contributed by atoms with van der Waals surface area (Å²) in [5.74, 6) is -5.08. The number of carboxylic acids is 2. The molecule has 0 saturated carbocycles. The van der Waals surface area contributed by atoms with E-state index in [-0.39, 0.29) is 12.8 Å². The lowest BCUT2D eigenvalue weighted by atomic mass is 10.1. The molecule has 0 fully saturated rings. The normalized spacial score (nSPS) is 14.4. The summed E-state index contributed by atoms with van der Waals surface area (Å²) < 4.78 is 0. The summed E-state index contributed by atoms with van der Waals surface area (Å²) in [4.78, 5) is 66.4. The molecule has 4 atom stereocenters. The third-order valence-corrected chi connectivity index (χ3v) is 5.03. The third-order valence-electron chi connectivity index (χ3n) is 4.38. The highest BCUT2D eigenvalue weighted by Gasteiger charge is 2.31. The molecule has 9 N–H and O–H groups in total. The molecule has 0 aliphatic heterocycles. The van der Waals surface area contributed by atoms with E-state index >= 15 is 0 Å². The van der Waals surface area contributed by atoms with E-state index in [1.807, 2.05) is 0 Å². The zero-order valence-corrected chi connectivity index (χ0v) is 18.6. The van der Waals surface area contributed by atoms with E-state index in [1.54, 1.807) is 6.26 Å². The van der Waals surface area contributed by atoms with Gasteiger partial charge in [0, 0.05) is 18.3 Å². The minimum atomic E-state index is -1.58. The number of imidazole rings is 1. The van der Waals surface area contributed by atoms with E-state index in [2.05, 4.69) is 25.9 Å². The van der Waals surface area contributed by atoms with Gasteiger partial charge in [0.05, 0.1) is 25.4 Å². The van der Waals surface area contributed by atoms with Crippen molar-refractivity contribution in [2.75, 3.05) is 18.6 Å². The number of aliphatic carboxylic acids is 2. The highest BCUT2D eigenvalue weighted by atomic mass is 32.2. The van der Waals surface area contributed by atoms with Crippen molar-refractivity contribution >= 4 is 41.4 Å². The average molecular weight is 489 g/mol. The Morgan fingerprint density at radius 3 is 2.18 bits per heavy atom. The van der Waals surface area contributed by atoms with Gasteiger partial charge < -0.3 is 42.0 Å². The van der Waals surface area contributed by atoms with Crippen molar-refractivity contribution in [1.29, 1.82) is 0 Å². The minimum Gasteiger partial charge on any atom is -0.481 e. The quantitative estimate of drug-likeness (QED) is 0.124. The van der Waals surface area contributed by atoms with Gasteiger partial charge in [0.15, 0.2) is 0 Å². The van der Waals surface area contributed by atoms with Crippen molar-refractivity contribution in [2.24, 2.45) is 5.73 Å². The molecular weight excluding hydrogens is 460 g/mol. The number of nitrogens with one attached hydrogen (secondary N) is 4. The Kier molecular flexibility index (Phi) is 11.9. The Morgan fingerprint density at radius 1 is 1.06 bits per heavy atom. The molecule has 1 aromatic rings. The van der Waals surface area contributed by atoms with Crippen molar-refractivity contribution in [2.45, 2.75) is 43.4 Å². The number of aliphatic hydroxyl groups excluding tert-OH is 1. The van der Waals surface area contributed by atoms with Crippen LogP contribution < -0.4 is 21.7 Å². The summed E-state index contributed by atoms with van der Waals surface area (Å²) in [7, 11) is 0. The van der Waals surface area contributed by atoms with Crippen LogP contribution in [0.2, 0.25) is 0 Å². The van der Waals surface area contributed by atoms with Gasteiger partial charge in [-0.1, -0.05) is 0 Å². The van der Waals surface area contributed by atoms with E-state index in [1.165, 1.54) is 24.3 Å². The molecular formula is C18H28N6O8S. The monoisotopic (exact) mass is 488 g/mol. The van der Waals surface area contributed by atoms with E-state index in [0.29, 0.717) is 11.4 Å². The van der Waals surface area contributed by atoms with Crippen molar-refractivity contribution < 1.29 is 39.3 Å². The van der Waals surface area contributed by atoms with Gasteiger partial charge in [-0.3, -0.25) is 19.2 Å². The van der Waals surface area contributed by atoms with E-state index in [0.717, 1.165) is 0 Å². The Labute approximate surface area is 193 Å². The number of H-pyrrole nitrogens is 1. The van der Waals surface area contributed by atoms with Crippen molar-refractivity contribution in [1.82, 2.24) is 25.9 Å². The number of hydrogen-bond donors (Lipinski definition) is 8. The number of aliphatic hydroxyl groups is 1. The SMILES string of the molecule is CSCCC(NC(=O)C(CC(=O)O)NC(=O)C(N)Cc1cnc[nH]1)C(=O)NC(CO)C(=O)O. The Morgan fingerprint density at radius 2 is 1.67 bits per heavy atom. The molecule has 14 nitrogen and oxygen atoms in total. The maximum Gasteiger partial charge on any atom is 0.328 e. The zero-order valence-electron chi connectivity index (χ0n) is 17.8. The molecule has 33 heavy (non-hydrogen) atoms. The Balaban J connectivity index is 2.89. The maximum atomic E-state index is 12.7. The van der Waals surface area contributed by atoms with Crippen LogP contribution in [0.3, 0.4) is 0 Å². The van der Waals surface area contributed by atoms with Gasteiger partial charge in [-0.25, -0.2) is 9.78 Å². The fraction of sp³-hybridized carbons (Fsp3) is 0.556. The molecule has 0 aliphatic carbocycles. The molecule has 3 amide bonds. The van der Waals surface area contributed by atoms with Gasteiger partial charge in [0.25, 0.3) is 0 Å². The number of nitrogens with two attached hydrogens (primary N) is 1. The topological polar surface area (TPSA) is 237 Å². The number of carbonyl (C=O) groups is 5. The number of hydrogen-bond acceptors (Lipinski definition) is 9. The number of aromatic amines is 1. The lowest BCUT2D eigenvalue weighted by Crippen LogP contribution is -2.58. The van der Waals surface area contributed by atoms with Crippen LogP contribution in [-0.2, 0) is 30.4 Å². The maximum absolute atomic E-state index is 12.7. The highest BCUT2D eigenvalue weighted by molar-refractivity contribution is 7.98. The third kappa shape index (κ3) is 9.88. The van der Waals surface area contributed by atoms with Crippen LogP contribution >= 0.6 is 11.8 Å². The molecule has 0 radical (unpaired) electrons. The van der Waals surface area contributed by atoms with Gasteiger partial charge in [-0.15, -0.1) is 0 Å². The van der Waals surface area contributed by atoms with Crippen LogP contribution in [0, 0.1) is 0 Å². The fourth-order valence-corrected chi connectivity index (χ4v) is 3.09. The predicted octanol–water partition coefficient (Wildman–Crippen LogP) is -2.96. The first-order valence-corrected chi connectivity index (χ1v) is 11.2. The largest absolute Gasteiger partial charge is 0.481 e. The van der Waals surface area contributed by atoms with Crippen molar-refractivity contribution in [3.63, 3.8) is 0 Å². The predicted molar refractivity (Wildman–Crippen MR) is 116 cm³/mol. The lowest BCUT2D eigenvalue weighted by Gasteiger charge is -2.24. The van der Waals surface area contributed by atoms with Gasteiger partial charge in [0.1, 0.15) is 18.1 Å². The molecule has 0 spiro atoms. The Hall–Kier alpha value is -3.17. The molecule has 4 unspecified atom stereocenters. The number of nitrogens with zero attached hydrogens (tertiary/aromatic N) is 1. The summed E-state index contributed by atoms with van der Waals surface area (Å²) >= 11 is 1.36. The number of carbonyl (C=O) groups excluding carboxylic acids is 3. The second-order valence-electron chi connectivity index (χ2n) is 6.97.